The fraction of sp³-hybridized carbons (Fsp3) is 0.350. The van der Waals surface area contributed by atoms with Gasteiger partial charge in [0.25, 0.3) is 5.91 Å². The lowest BCUT2D eigenvalue weighted by Gasteiger charge is -2.46. The van der Waals surface area contributed by atoms with Gasteiger partial charge in [0.15, 0.2) is 0 Å². The Labute approximate surface area is 142 Å². The Kier molecular flexibility index (Phi) is 3.30. The zero-order valence-electron chi connectivity index (χ0n) is 14.2. The Balaban J connectivity index is 1.94. The van der Waals surface area contributed by atoms with Crippen LogP contribution in [0.1, 0.15) is 41.4 Å². The standard InChI is InChI=1S/C20H21NO3/c1-20(2)16-7-5-4-6-14(16)19(22)21-10-11-24-17-12-13(23-3)8-9-15(17)18(20)21/h4-9,12,18H,10-11H2,1-3H3. The first kappa shape index (κ1) is 15.1. The van der Waals surface area contributed by atoms with Gasteiger partial charge in [0.05, 0.1) is 19.7 Å². The van der Waals surface area contributed by atoms with Crippen molar-refractivity contribution in [1.29, 1.82) is 0 Å². The van der Waals surface area contributed by atoms with Gasteiger partial charge >= 0.3 is 0 Å². The summed E-state index contributed by atoms with van der Waals surface area (Å²) in [5.74, 6) is 1.66. The van der Waals surface area contributed by atoms with E-state index in [9.17, 15) is 4.79 Å². The molecule has 0 fully saturated rings. The molecule has 4 nitrogen and oxygen atoms in total. The van der Waals surface area contributed by atoms with E-state index in [1.807, 2.05) is 41.3 Å². The maximum Gasteiger partial charge on any atom is 0.254 e. The molecule has 0 N–H and O–H groups in total. The Hall–Kier alpha value is -2.49. The number of nitrogens with zero attached hydrogens (tertiary/aromatic N) is 1. The fourth-order valence-corrected chi connectivity index (χ4v) is 4.07. The predicted octanol–water partition coefficient (Wildman–Crippen LogP) is 3.56. The molecule has 0 aliphatic carbocycles. The molecule has 24 heavy (non-hydrogen) atoms. The zero-order valence-corrected chi connectivity index (χ0v) is 14.2. The molecule has 0 aromatic heterocycles. The average molecular weight is 323 g/mol. The molecule has 2 heterocycles. The van der Waals surface area contributed by atoms with Crippen molar-refractivity contribution < 1.29 is 14.3 Å². The van der Waals surface area contributed by atoms with Crippen LogP contribution in [-0.4, -0.2) is 31.1 Å². The molecule has 0 bridgehead atoms. The maximum absolute atomic E-state index is 13.1. The van der Waals surface area contributed by atoms with Gasteiger partial charge in [0.1, 0.15) is 18.1 Å². The van der Waals surface area contributed by atoms with Gasteiger partial charge in [0, 0.05) is 22.6 Å². The van der Waals surface area contributed by atoms with Gasteiger partial charge in [-0.3, -0.25) is 4.79 Å². The molecule has 2 aliphatic heterocycles. The smallest absolute Gasteiger partial charge is 0.254 e. The molecular weight excluding hydrogens is 302 g/mol. The normalized spacial score (nSPS) is 21.0. The Morgan fingerprint density at radius 2 is 2.00 bits per heavy atom. The van der Waals surface area contributed by atoms with Crippen LogP contribution in [0.4, 0.5) is 0 Å². The summed E-state index contributed by atoms with van der Waals surface area (Å²) in [5.41, 5.74) is 2.73. The summed E-state index contributed by atoms with van der Waals surface area (Å²) in [6.45, 7) is 5.48. The number of carbonyl (C=O) groups excluding carboxylic acids is 1. The Morgan fingerprint density at radius 1 is 1.21 bits per heavy atom. The topological polar surface area (TPSA) is 38.8 Å². The third-order valence-electron chi connectivity index (χ3n) is 5.21. The maximum atomic E-state index is 13.1. The summed E-state index contributed by atoms with van der Waals surface area (Å²) in [5, 5.41) is 0. The lowest BCUT2D eigenvalue weighted by molar-refractivity contribution is 0.0528. The minimum Gasteiger partial charge on any atom is -0.497 e. The number of fused-ring (bicyclic) bond motifs is 4. The summed E-state index contributed by atoms with van der Waals surface area (Å²) in [6, 6.07) is 13.8. The van der Waals surface area contributed by atoms with E-state index in [0.717, 1.165) is 28.2 Å². The molecule has 1 amide bonds. The van der Waals surface area contributed by atoms with E-state index in [1.54, 1.807) is 7.11 Å². The number of methoxy groups -OCH3 is 1. The first-order valence-corrected chi connectivity index (χ1v) is 8.25. The quantitative estimate of drug-likeness (QED) is 0.805. The second kappa shape index (κ2) is 5.26. The fourth-order valence-electron chi connectivity index (χ4n) is 4.07. The third kappa shape index (κ3) is 2.02. The van der Waals surface area contributed by atoms with Crippen LogP contribution in [0.3, 0.4) is 0 Å². The molecule has 0 saturated carbocycles. The van der Waals surface area contributed by atoms with Gasteiger partial charge < -0.3 is 14.4 Å². The minimum atomic E-state index is -0.207. The van der Waals surface area contributed by atoms with E-state index in [1.165, 1.54) is 0 Å². The summed E-state index contributed by atoms with van der Waals surface area (Å²) >= 11 is 0. The highest BCUT2D eigenvalue weighted by Crippen LogP contribution is 2.50. The van der Waals surface area contributed by atoms with Crippen molar-refractivity contribution in [2.24, 2.45) is 0 Å². The number of rotatable bonds is 1. The molecule has 2 aliphatic rings. The minimum absolute atomic E-state index is 0.0525. The van der Waals surface area contributed by atoms with Crippen LogP contribution in [0.2, 0.25) is 0 Å². The van der Waals surface area contributed by atoms with E-state index >= 15 is 0 Å². The van der Waals surface area contributed by atoms with Gasteiger partial charge in [-0.15, -0.1) is 0 Å². The Bertz CT molecular complexity index is 812. The average Bonchev–Trinajstić information content (AvgIpc) is 2.79. The predicted molar refractivity (Wildman–Crippen MR) is 91.7 cm³/mol. The van der Waals surface area contributed by atoms with Crippen molar-refractivity contribution in [3.05, 3.63) is 59.2 Å². The van der Waals surface area contributed by atoms with Crippen LogP contribution in [0, 0.1) is 0 Å². The van der Waals surface area contributed by atoms with E-state index < -0.39 is 0 Å². The molecule has 124 valence electrons. The molecular formula is C20H21NO3. The molecule has 2 aromatic rings. The van der Waals surface area contributed by atoms with Crippen molar-refractivity contribution >= 4 is 5.91 Å². The van der Waals surface area contributed by atoms with Crippen LogP contribution >= 0.6 is 0 Å². The van der Waals surface area contributed by atoms with Crippen LogP contribution in [-0.2, 0) is 5.41 Å². The van der Waals surface area contributed by atoms with Crippen molar-refractivity contribution in [3.8, 4) is 11.5 Å². The SMILES string of the molecule is COc1ccc2c(c1)OCCN1C(=O)c3ccccc3C(C)(C)C21. The number of benzene rings is 2. The summed E-state index contributed by atoms with van der Waals surface area (Å²) < 4.78 is 11.3. The second-order valence-corrected chi connectivity index (χ2v) is 6.92. The van der Waals surface area contributed by atoms with E-state index in [0.29, 0.717) is 13.2 Å². The van der Waals surface area contributed by atoms with Crippen LogP contribution in [0.25, 0.3) is 0 Å². The second-order valence-electron chi connectivity index (χ2n) is 6.92. The highest BCUT2D eigenvalue weighted by atomic mass is 16.5. The van der Waals surface area contributed by atoms with E-state index in [-0.39, 0.29) is 17.4 Å². The summed E-state index contributed by atoms with van der Waals surface area (Å²) in [4.78, 5) is 15.0. The molecule has 0 spiro atoms. The van der Waals surface area contributed by atoms with Gasteiger partial charge in [0.2, 0.25) is 0 Å². The molecule has 1 unspecified atom stereocenters. The molecule has 4 rings (SSSR count). The van der Waals surface area contributed by atoms with E-state index in [4.69, 9.17) is 9.47 Å². The summed E-state index contributed by atoms with van der Waals surface area (Å²) in [7, 11) is 1.65. The first-order chi connectivity index (χ1) is 11.5. The van der Waals surface area contributed by atoms with Gasteiger partial charge in [-0.25, -0.2) is 0 Å². The molecule has 2 aromatic carbocycles. The van der Waals surface area contributed by atoms with Crippen LogP contribution in [0.5, 0.6) is 11.5 Å². The first-order valence-electron chi connectivity index (χ1n) is 8.25. The number of carbonyl (C=O) groups is 1. The van der Waals surface area contributed by atoms with Crippen molar-refractivity contribution in [1.82, 2.24) is 4.90 Å². The highest BCUT2D eigenvalue weighted by molar-refractivity contribution is 5.98. The van der Waals surface area contributed by atoms with Gasteiger partial charge in [-0.2, -0.15) is 0 Å². The molecule has 0 saturated heterocycles. The van der Waals surface area contributed by atoms with Crippen molar-refractivity contribution in [2.45, 2.75) is 25.3 Å². The zero-order chi connectivity index (χ0) is 16.9. The lowest BCUT2D eigenvalue weighted by Crippen LogP contribution is -2.49. The number of amides is 1. The monoisotopic (exact) mass is 323 g/mol. The van der Waals surface area contributed by atoms with Crippen molar-refractivity contribution in [3.63, 3.8) is 0 Å². The van der Waals surface area contributed by atoms with Crippen LogP contribution in [0.15, 0.2) is 42.5 Å². The largest absolute Gasteiger partial charge is 0.497 e. The highest BCUT2D eigenvalue weighted by Gasteiger charge is 2.47. The van der Waals surface area contributed by atoms with E-state index in [2.05, 4.69) is 19.9 Å². The summed E-state index contributed by atoms with van der Waals surface area (Å²) in [6.07, 6.45) is 0. The number of hydrogen-bond donors (Lipinski definition) is 0. The van der Waals surface area contributed by atoms with Gasteiger partial charge in [-0.05, 0) is 23.8 Å². The Morgan fingerprint density at radius 3 is 2.79 bits per heavy atom. The van der Waals surface area contributed by atoms with Crippen molar-refractivity contribution in [2.75, 3.05) is 20.3 Å². The number of ether oxygens (including phenoxy) is 2. The van der Waals surface area contributed by atoms with Gasteiger partial charge in [-0.1, -0.05) is 32.0 Å². The molecule has 0 radical (unpaired) electrons. The number of hydrogen-bond acceptors (Lipinski definition) is 3. The third-order valence-corrected chi connectivity index (χ3v) is 5.21. The lowest BCUT2D eigenvalue weighted by atomic mass is 9.69. The molecule has 1 atom stereocenters. The molecule has 4 heteroatoms. The van der Waals surface area contributed by atoms with Crippen LogP contribution < -0.4 is 9.47 Å².